The van der Waals surface area contributed by atoms with Gasteiger partial charge in [0.2, 0.25) is 0 Å². The lowest BCUT2D eigenvalue weighted by Gasteiger charge is -2.06. The molecule has 0 radical (unpaired) electrons. The van der Waals surface area contributed by atoms with E-state index in [2.05, 4.69) is 41.7 Å². The van der Waals surface area contributed by atoms with E-state index in [0.29, 0.717) is 0 Å². The van der Waals surface area contributed by atoms with Gasteiger partial charge in [-0.15, -0.1) is 0 Å². The molecule has 0 aromatic heterocycles. The Balaban J connectivity index is 2.03. The van der Waals surface area contributed by atoms with E-state index in [1.165, 1.54) is 11.1 Å². The van der Waals surface area contributed by atoms with Crippen molar-refractivity contribution in [2.75, 3.05) is 20.2 Å². The van der Waals surface area contributed by atoms with Crippen LogP contribution >= 0.6 is 0 Å². The second-order valence-corrected chi connectivity index (χ2v) is 3.94. The summed E-state index contributed by atoms with van der Waals surface area (Å²) < 4.78 is 5.61. The lowest BCUT2D eigenvalue weighted by molar-refractivity contribution is -0.627. The highest BCUT2D eigenvalue weighted by atomic mass is 16.5. The number of ether oxygens (including phenoxy) is 1. The first kappa shape index (κ1) is 11.7. The van der Waals surface area contributed by atoms with Crippen LogP contribution in [0.4, 0.5) is 0 Å². The molecular weight excluding hydrogens is 210 g/mol. The van der Waals surface area contributed by atoms with E-state index >= 15 is 0 Å². The maximum absolute atomic E-state index is 5.61. The highest BCUT2D eigenvalue weighted by Crippen LogP contribution is 2.21. The predicted molar refractivity (Wildman–Crippen MR) is 70.1 cm³/mol. The molecule has 17 heavy (non-hydrogen) atoms. The molecule has 88 valence electrons. The lowest BCUT2D eigenvalue weighted by Crippen LogP contribution is -2.80. The summed E-state index contributed by atoms with van der Waals surface area (Å²) in [4.78, 5) is 0. The van der Waals surface area contributed by atoms with Gasteiger partial charge in [0.1, 0.15) is 18.9 Å². The van der Waals surface area contributed by atoms with Crippen LogP contribution in [0.25, 0.3) is 11.1 Å². The molecule has 2 aromatic rings. The molecule has 0 saturated heterocycles. The number of quaternary nitrogens is 1. The maximum Gasteiger partial charge on any atom is 0.137 e. The second-order valence-electron chi connectivity index (χ2n) is 3.94. The van der Waals surface area contributed by atoms with Crippen LogP contribution in [0.5, 0.6) is 5.75 Å². The van der Waals surface area contributed by atoms with Gasteiger partial charge in [-0.2, -0.15) is 0 Å². The Labute approximate surface area is 102 Å². The van der Waals surface area contributed by atoms with Gasteiger partial charge in [0, 0.05) is 0 Å². The molecule has 0 aliphatic rings. The quantitative estimate of drug-likeness (QED) is 0.777. The Morgan fingerprint density at radius 3 is 2.18 bits per heavy atom. The molecule has 0 unspecified atom stereocenters. The number of rotatable bonds is 5. The van der Waals surface area contributed by atoms with Crippen LogP contribution in [-0.4, -0.2) is 20.2 Å². The third kappa shape index (κ3) is 3.33. The summed E-state index contributed by atoms with van der Waals surface area (Å²) >= 11 is 0. The molecule has 0 atom stereocenters. The third-order valence-electron chi connectivity index (χ3n) is 2.64. The molecular formula is C15H18NO+. The van der Waals surface area contributed by atoms with Crippen LogP contribution in [-0.2, 0) is 0 Å². The van der Waals surface area contributed by atoms with E-state index < -0.39 is 0 Å². The average molecular weight is 228 g/mol. The molecule has 2 rings (SSSR count). The molecule has 0 fully saturated rings. The number of hydrogen-bond acceptors (Lipinski definition) is 1. The number of nitrogens with two attached hydrogens (primary N) is 1. The number of benzene rings is 2. The lowest BCUT2D eigenvalue weighted by atomic mass is 10.1. The molecule has 2 aromatic carbocycles. The van der Waals surface area contributed by atoms with Crippen LogP contribution in [0.2, 0.25) is 0 Å². The van der Waals surface area contributed by atoms with Crippen molar-refractivity contribution in [3.8, 4) is 16.9 Å². The monoisotopic (exact) mass is 228 g/mol. The Hall–Kier alpha value is -1.80. The van der Waals surface area contributed by atoms with E-state index in [1.807, 2.05) is 25.2 Å². The van der Waals surface area contributed by atoms with Gasteiger partial charge in [0.05, 0.1) is 7.05 Å². The van der Waals surface area contributed by atoms with Gasteiger partial charge in [-0.25, -0.2) is 0 Å². The van der Waals surface area contributed by atoms with E-state index in [1.54, 1.807) is 0 Å². The molecule has 2 N–H and O–H groups in total. The molecule has 2 heteroatoms. The summed E-state index contributed by atoms with van der Waals surface area (Å²) in [6.07, 6.45) is 0. The van der Waals surface area contributed by atoms with Crippen molar-refractivity contribution in [2.45, 2.75) is 0 Å². The highest BCUT2D eigenvalue weighted by molar-refractivity contribution is 5.63. The van der Waals surface area contributed by atoms with Gasteiger partial charge in [-0.3, -0.25) is 0 Å². The fourth-order valence-electron chi connectivity index (χ4n) is 1.67. The fourth-order valence-corrected chi connectivity index (χ4v) is 1.67. The minimum Gasteiger partial charge on any atom is -0.488 e. The van der Waals surface area contributed by atoms with Crippen LogP contribution in [0.3, 0.4) is 0 Å². The molecule has 0 saturated carbocycles. The van der Waals surface area contributed by atoms with Gasteiger partial charge in [0.15, 0.2) is 0 Å². The van der Waals surface area contributed by atoms with E-state index in [9.17, 15) is 0 Å². The SMILES string of the molecule is C[NH2+]CCOc1ccc(-c2ccccc2)cc1. The zero-order valence-corrected chi connectivity index (χ0v) is 10.1. The Morgan fingerprint density at radius 2 is 1.53 bits per heavy atom. The Kier molecular flexibility index (Phi) is 4.17. The maximum atomic E-state index is 5.61. The molecule has 0 aliphatic heterocycles. The predicted octanol–water partition coefficient (Wildman–Crippen LogP) is 1.93. The molecule has 0 bridgehead atoms. The summed E-state index contributed by atoms with van der Waals surface area (Å²) in [6, 6.07) is 18.6. The van der Waals surface area contributed by atoms with E-state index in [0.717, 1.165) is 18.9 Å². The van der Waals surface area contributed by atoms with Gasteiger partial charge in [-0.1, -0.05) is 42.5 Å². The van der Waals surface area contributed by atoms with Crippen molar-refractivity contribution >= 4 is 0 Å². The normalized spacial score (nSPS) is 10.2. The van der Waals surface area contributed by atoms with E-state index in [-0.39, 0.29) is 0 Å². The molecule has 2 nitrogen and oxygen atoms in total. The van der Waals surface area contributed by atoms with Gasteiger partial charge in [-0.05, 0) is 23.3 Å². The standard InChI is InChI=1S/C15H17NO/c1-16-11-12-17-15-9-7-14(8-10-15)13-5-3-2-4-6-13/h2-10,16H,11-12H2,1H3/p+1. The summed E-state index contributed by atoms with van der Waals surface area (Å²) in [6.45, 7) is 1.74. The molecule has 0 heterocycles. The first-order chi connectivity index (χ1) is 8.40. The van der Waals surface area contributed by atoms with Crippen molar-refractivity contribution in [2.24, 2.45) is 0 Å². The van der Waals surface area contributed by atoms with Crippen molar-refractivity contribution < 1.29 is 10.1 Å². The summed E-state index contributed by atoms with van der Waals surface area (Å²) in [7, 11) is 2.04. The topological polar surface area (TPSA) is 25.8 Å². The van der Waals surface area contributed by atoms with Crippen molar-refractivity contribution in [3.05, 3.63) is 54.6 Å². The Morgan fingerprint density at radius 1 is 0.882 bits per heavy atom. The van der Waals surface area contributed by atoms with Gasteiger partial charge >= 0.3 is 0 Å². The summed E-state index contributed by atoms with van der Waals surface area (Å²) in [5, 5.41) is 2.11. The number of hydrogen-bond donors (Lipinski definition) is 1. The van der Waals surface area contributed by atoms with Crippen LogP contribution in [0.15, 0.2) is 54.6 Å². The highest BCUT2D eigenvalue weighted by Gasteiger charge is 1.97. The molecule has 0 amide bonds. The zero-order chi connectivity index (χ0) is 11.9. The van der Waals surface area contributed by atoms with Crippen molar-refractivity contribution in [1.29, 1.82) is 0 Å². The summed E-state index contributed by atoms with van der Waals surface area (Å²) in [5.74, 6) is 0.937. The first-order valence-electron chi connectivity index (χ1n) is 5.96. The van der Waals surface area contributed by atoms with Gasteiger partial charge in [0.25, 0.3) is 0 Å². The molecule has 0 spiro atoms. The van der Waals surface area contributed by atoms with Crippen LogP contribution < -0.4 is 10.1 Å². The Bertz CT molecular complexity index is 436. The smallest absolute Gasteiger partial charge is 0.137 e. The largest absolute Gasteiger partial charge is 0.488 e. The molecule has 0 aliphatic carbocycles. The fraction of sp³-hybridized carbons (Fsp3) is 0.200. The summed E-state index contributed by atoms with van der Waals surface area (Å²) in [5.41, 5.74) is 2.46. The second kappa shape index (κ2) is 6.06. The minimum atomic E-state index is 0.751. The minimum absolute atomic E-state index is 0.751. The van der Waals surface area contributed by atoms with E-state index in [4.69, 9.17) is 4.74 Å². The van der Waals surface area contributed by atoms with Crippen molar-refractivity contribution in [1.82, 2.24) is 0 Å². The zero-order valence-electron chi connectivity index (χ0n) is 10.1. The third-order valence-corrected chi connectivity index (χ3v) is 2.64. The average Bonchev–Trinajstić information content (AvgIpc) is 2.41. The number of likely N-dealkylation sites (N-methyl/N-ethyl adjacent to an activating group) is 1. The van der Waals surface area contributed by atoms with Gasteiger partial charge < -0.3 is 10.1 Å². The van der Waals surface area contributed by atoms with Crippen LogP contribution in [0.1, 0.15) is 0 Å². The van der Waals surface area contributed by atoms with Crippen LogP contribution in [0, 0.1) is 0 Å². The van der Waals surface area contributed by atoms with Crippen molar-refractivity contribution in [3.63, 3.8) is 0 Å². The first-order valence-corrected chi connectivity index (χ1v) is 5.96.